The normalized spacial score (nSPS) is 11.9. The SMILES string of the molecule is Cc1cn(-c2cc(Nc3nc(Nc4ccc5nccnc5c4P=O)c4cc[nH]c4n3)cc(C(F)(F)F)c2)cn1. The minimum absolute atomic E-state index is 0.0429. The first kappa shape index (κ1) is 24.4. The fourth-order valence-electron chi connectivity index (χ4n) is 4.12. The van der Waals surface area contributed by atoms with E-state index in [-0.39, 0.29) is 25.8 Å². The average molecular weight is 547 g/mol. The van der Waals surface area contributed by atoms with Crippen molar-refractivity contribution in [2.75, 3.05) is 10.6 Å². The largest absolute Gasteiger partial charge is 0.416 e. The first-order valence-corrected chi connectivity index (χ1v) is 12.3. The second-order valence-corrected chi connectivity index (χ2v) is 9.18. The van der Waals surface area contributed by atoms with Gasteiger partial charge in [0.05, 0.1) is 39.5 Å². The van der Waals surface area contributed by atoms with Crippen LogP contribution in [-0.2, 0) is 10.7 Å². The molecule has 0 atom stereocenters. The Kier molecular flexibility index (Phi) is 5.92. The highest BCUT2D eigenvalue weighted by atomic mass is 31.1. The topological polar surface area (TPSA) is 126 Å². The molecule has 0 saturated heterocycles. The predicted octanol–water partition coefficient (Wildman–Crippen LogP) is 5.82. The van der Waals surface area contributed by atoms with Crippen molar-refractivity contribution >= 4 is 59.0 Å². The molecule has 4 aromatic heterocycles. The predicted molar refractivity (Wildman–Crippen MR) is 141 cm³/mol. The number of benzene rings is 2. The van der Waals surface area contributed by atoms with Crippen LogP contribution in [0.3, 0.4) is 0 Å². The molecule has 0 bridgehead atoms. The number of imidazole rings is 1. The van der Waals surface area contributed by atoms with Crippen LogP contribution < -0.4 is 15.9 Å². The van der Waals surface area contributed by atoms with Crippen LogP contribution in [0.25, 0.3) is 27.8 Å². The molecule has 39 heavy (non-hydrogen) atoms. The van der Waals surface area contributed by atoms with E-state index < -0.39 is 11.7 Å². The van der Waals surface area contributed by atoms with Crippen LogP contribution in [-0.4, -0.2) is 34.5 Å². The van der Waals surface area contributed by atoms with Crippen molar-refractivity contribution < 1.29 is 17.7 Å². The van der Waals surface area contributed by atoms with Crippen molar-refractivity contribution in [2.45, 2.75) is 13.1 Å². The number of hydrogen-bond donors (Lipinski definition) is 3. The summed E-state index contributed by atoms with van der Waals surface area (Å²) in [6.07, 6.45) is 3.21. The van der Waals surface area contributed by atoms with E-state index in [0.717, 1.165) is 12.1 Å². The minimum Gasteiger partial charge on any atom is -0.346 e. The van der Waals surface area contributed by atoms with Crippen molar-refractivity contribution in [2.24, 2.45) is 0 Å². The molecule has 0 amide bonds. The number of aryl methyl sites for hydroxylation is 1. The molecule has 0 radical (unpaired) electrons. The molecule has 14 heteroatoms. The third-order valence-corrected chi connectivity index (χ3v) is 6.52. The zero-order valence-corrected chi connectivity index (χ0v) is 20.9. The van der Waals surface area contributed by atoms with Gasteiger partial charge >= 0.3 is 6.18 Å². The van der Waals surface area contributed by atoms with Gasteiger partial charge in [0.25, 0.3) is 0 Å². The summed E-state index contributed by atoms with van der Waals surface area (Å²) in [5.74, 6) is 0.385. The lowest BCUT2D eigenvalue weighted by atomic mass is 10.1. The maximum absolute atomic E-state index is 13.7. The molecule has 0 aliphatic carbocycles. The van der Waals surface area contributed by atoms with E-state index in [1.54, 1.807) is 49.8 Å². The van der Waals surface area contributed by atoms with Gasteiger partial charge in [-0.15, -0.1) is 0 Å². The lowest BCUT2D eigenvalue weighted by Gasteiger charge is -2.15. The maximum atomic E-state index is 13.7. The third-order valence-electron chi connectivity index (χ3n) is 5.88. The molecule has 0 unspecified atom stereocenters. The molecule has 3 N–H and O–H groups in total. The fourth-order valence-corrected chi connectivity index (χ4v) is 4.61. The number of rotatable bonds is 6. The number of fused-ring (bicyclic) bond motifs is 2. The van der Waals surface area contributed by atoms with E-state index in [1.165, 1.54) is 17.1 Å². The molecule has 10 nitrogen and oxygen atoms in total. The van der Waals surface area contributed by atoms with E-state index in [0.29, 0.717) is 44.6 Å². The van der Waals surface area contributed by atoms with Gasteiger partial charge in [0, 0.05) is 36.2 Å². The smallest absolute Gasteiger partial charge is 0.346 e. The first-order chi connectivity index (χ1) is 18.8. The van der Waals surface area contributed by atoms with Crippen molar-refractivity contribution in [1.29, 1.82) is 0 Å². The van der Waals surface area contributed by atoms with Gasteiger partial charge in [-0.25, -0.2) is 4.98 Å². The van der Waals surface area contributed by atoms with Gasteiger partial charge in [-0.3, -0.25) is 14.5 Å². The number of aromatic nitrogens is 7. The standard InChI is InChI=1S/C25H17F3N9OP/c1-13-11-37(12-32-13)16-9-14(25(26,27)28)8-15(10-16)33-24-35-22-17(4-5-31-22)23(36-24)34-19-3-2-18-20(21(19)39-38)30-7-6-29-18/h2-12H,1H3,(H3,31,33,34,35,36). The molecule has 194 valence electrons. The van der Waals surface area contributed by atoms with Crippen LogP contribution >= 0.6 is 8.46 Å². The number of H-pyrrole nitrogens is 1. The Morgan fingerprint density at radius 1 is 1.00 bits per heavy atom. The van der Waals surface area contributed by atoms with E-state index in [4.69, 9.17) is 0 Å². The van der Waals surface area contributed by atoms with Gasteiger partial charge in [0.1, 0.15) is 17.0 Å². The van der Waals surface area contributed by atoms with Gasteiger partial charge < -0.3 is 20.2 Å². The van der Waals surface area contributed by atoms with Gasteiger partial charge in [-0.1, -0.05) is 0 Å². The van der Waals surface area contributed by atoms with Crippen LogP contribution in [0.1, 0.15) is 11.3 Å². The van der Waals surface area contributed by atoms with Crippen molar-refractivity contribution in [3.8, 4) is 5.69 Å². The monoisotopic (exact) mass is 547 g/mol. The Hall–Kier alpha value is -4.90. The van der Waals surface area contributed by atoms with Crippen LogP contribution in [0, 0.1) is 6.92 Å². The fraction of sp³-hybridized carbons (Fsp3) is 0.0800. The lowest BCUT2D eigenvalue weighted by Crippen LogP contribution is -2.09. The number of alkyl halides is 3. The van der Waals surface area contributed by atoms with Gasteiger partial charge in [-0.05, 0) is 43.3 Å². The molecule has 0 aliphatic heterocycles. The van der Waals surface area contributed by atoms with Gasteiger partial charge in [0.2, 0.25) is 5.95 Å². The zero-order chi connectivity index (χ0) is 27.1. The van der Waals surface area contributed by atoms with E-state index >= 15 is 0 Å². The molecule has 0 fully saturated rings. The highest BCUT2D eigenvalue weighted by molar-refractivity contribution is 7.35. The van der Waals surface area contributed by atoms with Crippen LogP contribution in [0.4, 0.5) is 36.3 Å². The van der Waals surface area contributed by atoms with Gasteiger partial charge in [0.15, 0.2) is 8.46 Å². The quantitative estimate of drug-likeness (QED) is 0.223. The van der Waals surface area contributed by atoms with Crippen molar-refractivity contribution in [3.63, 3.8) is 0 Å². The summed E-state index contributed by atoms with van der Waals surface area (Å²) >= 11 is 0. The maximum Gasteiger partial charge on any atom is 0.416 e. The minimum atomic E-state index is -4.58. The zero-order valence-electron chi connectivity index (χ0n) is 20.0. The Balaban J connectivity index is 1.41. The molecule has 0 aliphatic rings. The second kappa shape index (κ2) is 9.44. The number of aromatic amines is 1. The Bertz CT molecular complexity index is 1870. The summed E-state index contributed by atoms with van der Waals surface area (Å²) < 4.78 is 54.7. The highest BCUT2D eigenvalue weighted by Gasteiger charge is 2.31. The number of nitrogens with one attached hydrogen (secondary N) is 3. The summed E-state index contributed by atoms with van der Waals surface area (Å²) in [6, 6.07) is 8.76. The lowest BCUT2D eigenvalue weighted by molar-refractivity contribution is -0.137. The average Bonchev–Trinajstić information content (AvgIpc) is 3.57. The molecule has 0 spiro atoms. The van der Waals surface area contributed by atoms with Crippen LogP contribution in [0.15, 0.2) is 67.5 Å². The van der Waals surface area contributed by atoms with E-state index in [2.05, 4.69) is 40.5 Å². The molecule has 6 aromatic rings. The molecule has 4 heterocycles. The number of hydrogen-bond acceptors (Lipinski definition) is 8. The Morgan fingerprint density at radius 3 is 2.62 bits per heavy atom. The Labute approximate surface area is 219 Å². The number of halogens is 3. The second-order valence-electron chi connectivity index (χ2n) is 8.55. The summed E-state index contributed by atoms with van der Waals surface area (Å²) in [4.78, 5) is 24.6. The molecular formula is C25H17F3N9OP. The van der Waals surface area contributed by atoms with Crippen molar-refractivity contribution in [3.05, 3.63) is 78.8 Å². The molecule has 6 rings (SSSR count). The van der Waals surface area contributed by atoms with Gasteiger partial charge in [-0.2, -0.15) is 23.1 Å². The summed E-state index contributed by atoms with van der Waals surface area (Å²) in [5.41, 5.74) is 2.17. The molecule has 0 saturated carbocycles. The number of anilines is 4. The van der Waals surface area contributed by atoms with Crippen LogP contribution in [0.2, 0.25) is 0 Å². The molecule has 2 aromatic carbocycles. The Morgan fingerprint density at radius 2 is 1.85 bits per heavy atom. The summed E-state index contributed by atoms with van der Waals surface area (Å²) in [6.45, 7) is 1.75. The highest BCUT2D eigenvalue weighted by Crippen LogP contribution is 2.34. The summed E-state index contributed by atoms with van der Waals surface area (Å²) in [7, 11) is -0.277. The first-order valence-electron chi connectivity index (χ1n) is 11.5. The number of nitrogens with zero attached hydrogens (tertiary/aromatic N) is 6. The third kappa shape index (κ3) is 4.75. The van der Waals surface area contributed by atoms with Crippen molar-refractivity contribution in [1.82, 2.24) is 34.5 Å². The van der Waals surface area contributed by atoms with E-state index in [9.17, 15) is 17.7 Å². The molecular weight excluding hydrogens is 530 g/mol. The van der Waals surface area contributed by atoms with E-state index in [1.807, 2.05) is 0 Å². The summed E-state index contributed by atoms with van der Waals surface area (Å²) in [5, 5.41) is 7.07. The van der Waals surface area contributed by atoms with Crippen LogP contribution in [0.5, 0.6) is 0 Å².